The third kappa shape index (κ3) is 3.50. The molecule has 0 heterocycles. The summed E-state index contributed by atoms with van der Waals surface area (Å²) in [5, 5.41) is 4.33. The second-order valence-corrected chi connectivity index (χ2v) is 5.18. The van der Waals surface area contributed by atoms with Crippen molar-refractivity contribution in [1.82, 2.24) is 5.32 Å². The second kappa shape index (κ2) is 5.70. The Morgan fingerprint density at radius 3 is 2.88 bits per heavy atom. The Hall–Kier alpha value is -0.530. The van der Waals surface area contributed by atoms with Crippen LogP contribution in [0.25, 0.3) is 0 Å². The highest BCUT2D eigenvalue weighted by Gasteiger charge is 2.30. The van der Waals surface area contributed by atoms with E-state index in [4.69, 9.17) is 11.6 Å². The highest BCUT2D eigenvalue weighted by atomic mass is 35.5. The highest BCUT2D eigenvalue weighted by Crippen LogP contribution is 2.38. The van der Waals surface area contributed by atoms with E-state index in [2.05, 4.69) is 30.4 Å². The van der Waals surface area contributed by atoms with Gasteiger partial charge in [0.1, 0.15) is 0 Å². The highest BCUT2D eigenvalue weighted by molar-refractivity contribution is 6.30. The summed E-state index contributed by atoms with van der Waals surface area (Å²) < 4.78 is 0. The Morgan fingerprint density at radius 1 is 1.44 bits per heavy atom. The van der Waals surface area contributed by atoms with E-state index in [1.165, 1.54) is 18.4 Å². The summed E-state index contributed by atoms with van der Waals surface area (Å²) in [6.07, 6.45) is 3.99. The molecule has 0 amide bonds. The molecule has 1 atom stereocenters. The molecule has 16 heavy (non-hydrogen) atoms. The zero-order valence-electron chi connectivity index (χ0n) is 9.88. The Bertz CT molecular complexity index is 333. The number of halogens is 1. The molecule has 0 aliphatic heterocycles. The molecule has 1 aromatic carbocycles. The molecule has 0 aromatic heterocycles. The average molecular weight is 238 g/mol. The molecule has 1 fully saturated rings. The summed E-state index contributed by atoms with van der Waals surface area (Å²) in [5.74, 6) is 1.73. The zero-order chi connectivity index (χ0) is 11.4. The SMILES string of the molecule is CCNCC(Cc1cccc(Cl)c1)C1CC1. The predicted molar refractivity (Wildman–Crippen MR) is 69.9 cm³/mol. The standard InChI is InChI=1S/C14H20ClN/c1-2-16-10-13(12-6-7-12)8-11-4-3-5-14(15)9-11/h3-5,9,12-13,16H,2,6-8,10H2,1H3. The van der Waals surface area contributed by atoms with Gasteiger partial charge in [-0.15, -0.1) is 0 Å². The first-order valence-electron chi connectivity index (χ1n) is 6.24. The maximum absolute atomic E-state index is 6.01. The number of nitrogens with one attached hydrogen (secondary N) is 1. The summed E-state index contributed by atoms with van der Waals surface area (Å²) in [6, 6.07) is 8.28. The Morgan fingerprint density at radius 2 is 2.25 bits per heavy atom. The summed E-state index contributed by atoms with van der Waals surface area (Å²) in [7, 11) is 0. The summed E-state index contributed by atoms with van der Waals surface area (Å²) in [5.41, 5.74) is 1.38. The van der Waals surface area contributed by atoms with Gasteiger partial charge in [0.05, 0.1) is 0 Å². The molecule has 2 heteroatoms. The molecular formula is C14H20ClN. The van der Waals surface area contributed by atoms with Gasteiger partial charge in [0, 0.05) is 5.02 Å². The van der Waals surface area contributed by atoms with Crippen molar-refractivity contribution in [3.8, 4) is 0 Å². The third-order valence-corrected chi connectivity index (χ3v) is 3.57. The predicted octanol–water partition coefficient (Wildman–Crippen LogP) is 3.52. The van der Waals surface area contributed by atoms with E-state index in [0.717, 1.165) is 36.4 Å². The van der Waals surface area contributed by atoms with Gasteiger partial charge >= 0.3 is 0 Å². The largest absolute Gasteiger partial charge is 0.317 e. The fourth-order valence-electron chi connectivity index (χ4n) is 2.27. The first-order chi connectivity index (χ1) is 7.79. The van der Waals surface area contributed by atoms with E-state index in [9.17, 15) is 0 Å². The van der Waals surface area contributed by atoms with Gasteiger partial charge in [0.2, 0.25) is 0 Å². The van der Waals surface area contributed by atoms with Crippen molar-refractivity contribution in [2.24, 2.45) is 11.8 Å². The van der Waals surface area contributed by atoms with Gasteiger partial charge < -0.3 is 5.32 Å². The number of rotatable bonds is 6. The molecule has 1 N–H and O–H groups in total. The van der Waals surface area contributed by atoms with Crippen molar-refractivity contribution < 1.29 is 0 Å². The average Bonchev–Trinajstić information content (AvgIpc) is 3.08. The van der Waals surface area contributed by atoms with Crippen molar-refractivity contribution in [2.75, 3.05) is 13.1 Å². The zero-order valence-corrected chi connectivity index (χ0v) is 10.6. The van der Waals surface area contributed by atoms with Crippen LogP contribution in [0.3, 0.4) is 0 Å². The van der Waals surface area contributed by atoms with Gasteiger partial charge in [-0.25, -0.2) is 0 Å². The molecule has 1 nitrogen and oxygen atoms in total. The van der Waals surface area contributed by atoms with Crippen molar-refractivity contribution in [3.05, 3.63) is 34.9 Å². The fraction of sp³-hybridized carbons (Fsp3) is 0.571. The van der Waals surface area contributed by atoms with E-state index < -0.39 is 0 Å². The fourth-order valence-corrected chi connectivity index (χ4v) is 2.48. The van der Waals surface area contributed by atoms with E-state index in [-0.39, 0.29) is 0 Å². The lowest BCUT2D eigenvalue weighted by Gasteiger charge is -2.16. The molecule has 1 aromatic rings. The van der Waals surface area contributed by atoms with Gasteiger partial charge in [0.15, 0.2) is 0 Å². The molecule has 0 bridgehead atoms. The van der Waals surface area contributed by atoms with E-state index in [1.807, 2.05) is 6.07 Å². The van der Waals surface area contributed by atoms with Gasteiger partial charge in [-0.05, 0) is 61.9 Å². The Kier molecular flexibility index (Phi) is 4.25. The summed E-state index contributed by atoms with van der Waals surface area (Å²) in [6.45, 7) is 4.38. The number of benzene rings is 1. The van der Waals surface area contributed by atoms with E-state index >= 15 is 0 Å². The van der Waals surface area contributed by atoms with E-state index in [0.29, 0.717) is 0 Å². The number of hydrogen-bond donors (Lipinski definition) is 1. The molecule has 0 saturated heterocycles. The van der Waals surface area contributed by atoms with Crippen LogP contribution in [0.5, 0.6) is 0 Å². The van der Waals surface area contributed by atoms with Gasteiger partial charge in [-0.3, -0.25) is 0 Å². The van der Waals surface area contributed by atoms with Crippen molar-refractivity contribution >= 4 is 11.6 Å². The van der Waals surface area contributed by atoms with E-state index in [1.54, 1.807) is 0 Å². The van der Waals surface area contributed by atoms with Crippen LogP contribution in [0.1, 0.15) is 25.3 Å². The maximum atomic E-state index is 6.01. The van der Waals surface area contributed by atoms with Crippen LogP contribution < -0.4 is 5.32 Å². The minimum Gasteiger partial charge on any atom is -0.317 e. The third-order valence-electron chi connectivity index (χ3n) is 3.33. The van der Waals surface area contributed by atoms with Crippen LogP contribution in [0.15, 0.2) is 24.3 Å². The van der Waals surface area contributed by atoms with Crippen LogP contribution in [0, 0.1) is 11.8 Å². The molecule has 1 saturated carbocycles. The lowest BCUT2D eigenvalue weighted by atomic mass is 9.94. The summed E-state index contributed by atoms with van der Waals surface area (Å²) in [4.78, 5) is 0. The molecule has 0 spiro atoms. The molecule has 1 aliphatic rings. The lowest BCUT2D eigenvalue weighted by molar-refractivity contribution is 0.429. The van der Waals surface area contributed by atoms with Gasteiger partial charge in [-0.1, -0.05) is 30.7 Å². The van der Waals surface area contributed by atoms with Crippen molar-refractivity contribution in [1.29, 1.82) is 0 Å². The Balaban J connectivity index is 1.94. The lowest BCUT2D eigenvalue weighted by Crippen LogP contribution is -2.25. The number of hydrogen-bond acceptors (Lipinski definition) is 1. The van der Waals surface area contributed by atoms with Gasteiger partial charge in [-0.2, -0.15) is 0 Å². The van der Waals surface area contributed by atoms with Gasteiger partial charge in [0.25, 0.3) is 0 Å². The molecule has 2 rings (SSSR count). The Labute approximate surface area is 103 Å². The first-order valence-corrected chi connectivity index (χ1v) is 6.62. The summed E-state index contributed by atoms with van der Waals surface area (Å²) >= 11 is 6.01. The topological polar surface area (TPSA) is 12.0 Å². The minimum absolute atomic E-state index is 0.790. The molecule has 1 aliphatic carbocycles. The molecule has 0 radical (unpaired) electrons. The van der Waals surface area contributed by atoms with Crippen LogP contribution in [-0.4, -0.2) is 13.1 Å². The first kappa shape index (κ1) is 11.9. The van der Waals surface area contributed by atoms with Crippen LogP contribution >= 0.6 is 11.6 Å². The molecule has 1 unspecified atom stereocenters. The maximum Gasteiger partial charge on any atom is 0.0408 e. The quantitative estimate of drug-likeness (QED) is 0.799. The second-order valence-electron chi connectivity index (χ2n) is 4.74. The van der Waals surface area contributed by atoms with Crippen LogP contribution in [0.2, 0.25) is 5.02 Å². The molecule has 88 valence electrons. The van der Waals surface area contributed by atoms with Crippen molar-refractivity contribution in [2.45, 2.75) is 26.2 Å². The molecular weight excluding hydrogens is 218 g/mol. The minimum atomic E-state index is 0.790. The van der Waals surface area contributed by atoms with Crippen LogP contribution in [0.4, 0.5) is 0 Å². The smallest absolute Gasteiger partial charge is 0.0408 e. The normalized spacial score (nSPS) is 17.4. The van der Waals surface area contributed by atoms with Crippen LogP contribution in [-0.2, 0) is 6.42 Å². The van der Waals surface area contributed by atoms with Crippen molar-refractivity contribution in [3.63, 3.8) is 0 Å². The monoisotopic (exact) mass is 237 g/mol.